The second-order valence-electron chi connectivity index (χ2n) is 6.47. The molecule has 0 saturated heterocycles. The lowest BCUT2D eigenvalue weighted by atomic mass is 9.83. The monoisotopic (exact) mass is 252 g/mol. The van der Waals surface area contributed by atoms with Gasteiger partial charge in [-0.05, 0) is 57.3 Å². The van der Waals surface area contributed by atoms with Crippen molar-refractivity contribution in [3.05, 3.63) is 0 Å². The van der Waals surface area contributed by atoms with Crippen LogP contribution < -0.4 is 5.73 Å². The van der Waals surface area contributed by atoms with Crippen molar-refractivity contribution in [2.24, 2.45) is 17.6 Å². The van der Waals surface area contributed by atoms with Gasteiger partial charge < -0.3 is 10.6 Å². The van der Waals surface area contributed by atoms with Crippen molar-refractivity contribution >= 4 is 5.91 Å². The Kier molecular flexibility index (Phi) is 4.66. The van der Waals surface area contributed by atoms with Crippen LogP contribution in [-0.4, -0.2) is 29.9 Å². The fourth-order valence-electron chi connectivity index (χ4n) is 3.46. The third-order valence-corrected chi connectivity index (χ3v) is 5.00. The Hall–Kier alpha value is -0.570. The van der Waals surface area contributed by atoms with Gasteiger partial charge in [0.15, 0.2) is 0 Å². The molecule has 0 aromatic rings. The maximum atomic E-state index is 12.5. The second kappa shape index (κ2) is 6.05. The molecule has 1 amide bonds. The summed E-state index contributed by atoms with van der Waals surface area (Å²) in [7, 11) is 2.01. The van der Waals surface area contributed by atoms with Crippen LogP contribution >= 0.6 is 0 Å². The fraction of sp³-hybridized carbons (Fsp3) is 0.933. The quantitative estimate of drug-likeness (QED) is 0.821. The first-order chi connectivity index (χ1) is 8.58. The summed E-state index contributed by atoms with van der Waals surface area (Å²) in [4.78, 5) is 14.5. The molecule has 0 radical (unpaired) electrons. The Balaban J connectivity index is 1.84. The van der Waals surface area contributed by atoms with E-state index in [1.807, 2.05) is 11.9 Å². The van der Waals surface area contributed by atoms with E-state index in [-0.39, 0.29) is 5.92 Å². The molecular weight excluding hydrogens is 224 g/mol. The average Bonchev–Trinajstić information content (AvgIpc) is 2.39. The molecule has 0 aliphatic heterocycles. The first kappa shape index (κ1) is 13.9. The number of carbonyl (C=O) groups is 1. The summed E-state index contributed by atoms with van der Waals surface area (Å²) in [5.74, 6) is 1.47. The lowest BCUT2D eigenvalue weighted by molar-refractivity contribution is -0.138. The predicted molar refractivity (Wildman–Crippen MR) is 74.1 cm³/mol. The molecule has 3 nitrogen and oxygen atoms in total. The van der Waals surface area contributed by atoms with Crippen LogP contribution in [0.1, 0.15) is 58.3 Å². The normalized spacial score (nSPS) is 37.3. The molecule has 3 heteroatoms. The molecule has 0 atom stereocenters. The number of hydrogen-bond donors (Lipinski definition) is 1. The molecule has 0 aromatic carbocycles. The van der Waals surface area contributed by atoms with E-state index in [0.717, 1.165) is 31.6 Å². The lowest BCUT2D eigenvalue weighted by Gasteiger charge is -2.36. The van der Waals surface area contributed by atoms with Gasteiger partial charge in [-0.25, -0.2) is 0 Å². The van der Waals surface area contributed by atoms with E-state index in [2.05, 4.69) is 6.92 Å². The zero-order valence-corrected chi connectivity index (χ0v) is 11.9. The Morgan fingerprint density at radius 1 is 1.00 bits per heavy atom. The highest BCUT2D eigenvalue weighted by Gasteiger charge is 2.31. The van der Waals surface area contributed by atoms with Crippen molar-refractivity contribution in [2.45, 2.75) is 70.4 Å². The predicted octanol–water partition coefficient (Wildman–Crippen LogP) is 2.54. The van der Waals surface area contributed by atoms with Gasteiger partial charge >= 0.3 is 0 Å². The Morgan fingerprint density at radius 2 is 1.56 bits per heavy atom. The van der Waals surface area contributed by atoms with Crippen LogP contribution in [-0.2, 0) is 4.79 Å². The highest BCUT2D eigenvalue weighted by Crippen LogP contribution is 2.30. The first-order valence-corrected chi connectivity index (χ1v) is 7.60. The number of amides is 1. The number of hydrogen-bond acceptors (Lipinski definition) is 2. The van der Waals surface area contributed by atoms with Gasteiger partial charge in [0.1, 0.15) is 0 Å². The van der Waals surface area contributed by atoms with Crippen molar-refractivity contribution in [3.63, 3.8) is 0 Å². The molecule has 0 heterocycles. The molecular formula is C15H28N2O. The second-order valence-corrected chi connectivity index (χ2v) is 6.47. The number of rotatable bonds is 2. The largest absolute Gasteiger partial charge is 0.343 e. The summed E-state index contributed by atoms with van der Waals surface area (Å²) >= 11 is 0. The van der Waals surface area contributed by atoms with Gasteiger partial charge in [-0.1, -0.05) is 6.92 Å². The van der Waals surface area contributed by atoms with Gasteiger partial charge in [-0.3, -0.25) is 4.79 Å². The molecule has 2 N–H and O–H groups in total. The molecule has 0 bridgehead atoms. The average molecular weight is 252 g/mol. The van der Waals surface area contributed by atoms with Gasteiger partial charge in [0, 0.05) is 25.0 Å². The third-order valence-electron chi connectivity index (χ3n) is 5.00. The molecule has 2 fully saturated rings. The van der Waals surface area contributed by atoms with E-state index in [4.69, 9.17) is 5.73 Å². The summed E-state index contributed by atoms with van der Waals surface area (Å²) in [6, 6.07) is 0.819. The van der Waals surface area contributed by atoms with Gasteiger partial charge in [0.05, 0.1) is 0 Å². The summed E-state index contributed by atoms with van der Waals surface area (Å²) in [6.45, 7) is 2.32. The van der Waals surface area contributed by atoms with Gasteiger partial charge in [-0.15, -0.1) is 0 Å². The first-order valence-electron chi connectivity index (χ1n) is 7.60. The minimum Gasteiger partial charge on any atom is -0.343 e. The summed E-state index contributed by atoms with van der Waals surface area (Å²) < 4.78 is 0. The molecule has 2 aliphatic rings. The van der Waals surface area contributed by atoms with Crippen molar-refractivity contribution in [3.8, 4) is 0 Å². The summed E-state index contributed by atoms with van der Waals surface area (Å²) in [5.41, 5.74) is 5.91. The summed E-state index contributed by atoms with van der Waals surface area (Å²) in [6.07, 6.45) is 8.96. The number of carbonyl (C=O) groups excluding carboxylic acids is 1. The van der Waals surface area contributed by atoms with E-state index in [1.165, 1.54) is 25.7 Å². The number of nitrogens with two attached hydrogens (primary N) is 1. The number of nitrogens with zero attached hydrogens (tertiary/aromatic N) is 1. The van der Waals surface area contributed by atoms with Gasteiger partial charge in [0.2, 0.25) is 5.91 Å². The van der Waals surface area contributed by atoms with E-state index in [1.54, 1.807) is 0 Å². The van der Waals surface area contributed by atoms with Gasteiger partial charge in [-0.2, -0.15) is 0 Å². The van der Waals surface area contributed by atoms with Crippen molar-refractivity contribution in [2.75, 3.05) is 7.05 Å². The maximum absolute atomic E-state index is 12.5. The van der Waals surface area contributed by atoms with E-state index in [9.17, 15) is 4.79 Å². The maximum Gasteiger partial charge on any atom is 0.225 e. The molecule has 2 aliphatic carbocycles. The summed E-state index contributed by atoms with van der Waals surface area (Å²) in [5, 5.41) is 0. The molecule has 0 spiro atoms. The van der Waals surface area contributed by atoms with Crippen LogP contribution in [0.5, 0.6) is 0 Å². The lowest BCUT2D eigenvalue weighted by Crippen LogP contribution is -2.44. The molecule has 2 saturated carbocycles. The Bertz CT molecular complexity index is 276. The smallest absolute Gasteiger partial charge is 0.225 e. The van der Waals surface area contributed by atoms with Crippen LogP contribution in [0.3, 0.4) is 0 Å². The zero-order chi connectivity index (χ0) is 13.1. The Morgan fingerprint density at radius 3 is 2.11 bits per heavy atom. The molecule has 2 rings (SSSR count). The molecule has 104 valence electrons. The fourth-order valence-corrected chi connectivity index (χ4v) is 3.46. The zero-order valence-electron chi connectivity index (χ0n) is 11.9. The van der Waals surface area contributed by atoms with Crippen LogP contribution in [0, 0.1) is 11.8 Å². The van der Waals surface area contributed by atoms with Crippen LogP contribution in [0.4, 0.5) is 0 Å². The van der Waals surface area contributed by atoms with Crippen LogP contribution in [0.2, 0.25) is 0 Å². The molecule has 18 heavy (non-hydrogen) atoms. The van der Waals surface area contributed by atoms with E-state index >= 15 is 0 Å². The van der Waals surface area contributed by atoms with E-state index in [0.29, 0.717) is 18.0 Å². The highest BCUT2D eigenvalue weighted by atomic mass is 16.2. The highest BCUT2D eigenvalue weighted by molar-refractivity contribution is 5.79. The van der Waals surface area contributed by atoms with Crippen molar-refractivity contribution in [1.82, 2.24) is 4.90 Å². The minimum atomic E-state index is 0.245. The van der Waals surface area contributed by atoms with E-state index < -0.39 is 0 Å². The standard InChI is InChI=1S/C15H28N2O/c1-11-3-9-14(10-4-11)17(2)15(18)12-5-7-13(16)8-6-12/h11-14H,3-10,16H2,1-2H3. The van der Waals surface area contributed by atoms with Crippen LogP contribution in [0.25, 0.3) is 0 Å². The van der Waals surface area contributed by atoms with Gasteiger partial charge in [0.25, 0.3) is 0 Å². The van der Waals surface area contributed by atoms with Crippen molar-refractivity contribution in [1.29, 1.82) is 0 Å². The van der Waals surface area contributed by atoms with Crippen LogP contribution in [0.15, 0.2) is 0 Å². The molecule has 0 unspecified atom stereocenters. The third kappa shape index (κ3) is 3.25. The minimum absolute atomic E-state index is 0.245. The SMILES string of the molecule is CC1CCC(N(C)C(=O)C2CCC(N)CC2)CC1. The Labute approximate surface area is 111 Å². The van der Waals surface area contributed by atoms with Crippen molar-refractivity contribution < 1.29 is 4.79 Å². The topological polar surface area (TPSA) is 46.3 Å². The molecule has 0 aromatic heterocycles.